The molecule has 0 fully saturated rings. The molecule has 0 radical (unpaired) electrons. The zero-order valence-electron chi connectivity index (χ0n) is 15.7. The van der Waals surface area contributed by atoms with Crippen molar-refractivity contribution in [2.75, 3.05) is 7.05 Å². The van der Waals surface area contributed by atoms with Gasteiger partial charge in [-0.25, -0.2) is 9.07 Å². The average Bonchev–Trinajstić information content (AvgIpc) is 3.18. The van der Waals surface area contributed by atoms with Crippen LogP contribution in [0.3, 0.4) is 0 Å². The summed E-state index contributed by atoms with van der Waals surface area (Å²) in [5.74, 6) is 0.855. The van der Waals surface area contributed by atoms with Gasteiger partial charge in [-0.2, -0.15) is 10.1 Å². The van der Waals surface area contributed by atoms with Crippen LogP contribution in [-0.4, -0.2) is 33.0 Å². The van der Waals surface area contributed by atoms with Crippen molar-refractivity contribution < 1.29 is 8.91 Å². The minimum atomic E-state index is -0.268. The number of aromatic nitrogens is 4. The Hall–Kier alpha value is -2.51. The Morgan fingerprint density at radius 2 is 1.93 bits per heavy atom. The first kappa shape index (κ1) is 20.8. The molecule has 6 nitrogen and oxygen atoms in total. The Bertz CT molecular complexity index is 917. The Morgan fingerprint density at radius 1 is 1.22 bits per heavy atom. The molecule has 2 heterocycles. The second kappa shape index (κ2) is 8.92. The smallest absolute Gasteiger partial charge is 0.250 e. The van der Waals surface area contributed by atoms with Crippen molar-refractivity contribution >= 4 is 24.6 Å². The monoisotopic (exact) mass is 391 g/mol. The molecule has 3 aromatic rings. The maximum absolute atomic E-state index is 13.1. The van der Waals surface area contributed by atoms with Crippen molar-refractivity contribution in [2.45, 2.75) is 33.2 Å². The molecular weight excluding hydrogens is 369 g/mol. The highest BCUT2D eigenvalue weighted by Crippen LogP contribution is 2.20. The number of likely N-dealkylation sites (N-methyl/N-ethyl adjacent to an activating group) is 1. The molecule has 0 aliphatic carbocycles. The van der Waals surface area contributed by atoms with Gasteiger partial charge >= 0.3 is 0 Å². The second-order valence-electron chi connectivity index (χ2n) is 6.25. The molecule has 1 atom stereocenters. The van der Waals surface area contributed by atoms with Gasteiger partial charge in [0.1, 0.15) is 5.82 Å². The van der Waals surface area contributed by atoms with E-state index in [-0.39, 0.29) is 24.3 Å². The number of benzene rings is 1. The zero-order valence-corrected chi connectivity index (χ0v) is 16.5. The van der Waals surface area contributed by atoms with Gasteiger partial charge in [0.15, 0.2) is 5.82 Å². The molecule has 27 heavy (non-hydrogen) atoms. The van der Waals surface area contributed by atoms with E-state index in [1.165, 1.54) is 12.1 Å². The standard InChI is InChI=1S/C19H22FN5O.ClH/c1-12(21-4)11-18-22-19(26-24-18)10-9-17-13(2)23-25(14(17)3)16-7-5-15(20)6-8-16;/h5-10,12,21H,11H2,1-4H3;1H/b10-9+;. The first-order valence-corrected chi connectivity index (χ1v) is 8.48. The van der Waals surface area contributed by atoms with Gasteiger partial charge in [0.05, 0.1) is 11.4 Å². The van der Waals surface area contributed by atoms with E-state index in [1.807, 2.05) is 27.0 Å². The fraction of sp³-hybridized carbons (Fsp3) is 0.316. The molecule has 1 N–H and O–H groups in total. The Morgan fingerprint density at radius 3 is 2.59 bits per heavy atom. The number of halogens is 2. The Balaban J connectivity index is 0.00000261. The number of rotatable bonds is 6. The highest BCUT2D eigenvalue weighted by molar-refractivity contribution is 5.85. The molecule has 0 amide bonds. The maximum Gasteiger partial charge on any atom is 0.250 e. The van der Waals surface area contributed by atoms with E-state index >= 15 is 0 Å². The van der Waals surface area contributed by atoms with Crippen molar-refractivity contribution in [1.29, 1.82) is 0 Å². The van der Waals surface area contributed by atoms with Crippen LogP contribution in [0.15, 0.2) is 28.8 Å². The van der Waals surface area contributed by atoms with Crippen molar-refractivity contribution in [2.24, 2.45) is 0 Å². The summed E-state index contributed by atoms with van der Waals surface area (Å²) in [6.45, 7) is 5.96. The summed E-state index contributed by atoms with van der Waals surface area (Å²) in [6, 6.07) is 6.54. The lowest BCUT2D eigenvalue weighted by atomic mass is 10.2. The van der Waals surface area contributed by atoms with Crippen molar-refractivity contribution in [1.82, 2.24) is 25.2 Å². The molecule has 0 aliphatic rings. The summed E-state index contributed by atoms with van der Waals surface area (Å²) in [4.78, 5) is 4.37. The highest BCUT2D eigenvalue weighted by atomic mass is 35.5. The predicted molar refractivity (Wildman–Crippen MR) is 106 cm³/mol. The van der Waals surface area contributed by atoms with E-state index in [0.717, 1.165) is 22.6 Å². The van der Waals surface area contributed by atoms with Crippen LogP contribution in [0.4, 0.5) is 4.39 Å². The Kier molecular flexibility index (Phi) is 6.87. The third-order valence-electron chi connectivity index (χ3n) is 4.28. The molecule has 1 aromatic carbocycles. The highest BCUT2D eigenvalue weighted by Gasteiger charge is 2.12. The molecule has 0 bridgehead atoms. The van der Waals surface area contributed by atoms with Gasteiger partial charge in [-0.1, -0.05) is 5.16 Å². The first-order valence-electron chi connectivity index (χ1n) is 8.48. The number of hydrogen-bond donors (Lipinski definition) is 1. The lowest BCUT2D eigenvalue weighted by Crippen LogP contribution is -2.24. The third-order valence-corrected chi connectivity index (χ3v) is 4.28. The summed E-state index contributed by atoms with van der Waals surface area (Å²) < 4.78 is 20.2. The molecule has 2 aromatic heterocycles. The number of nitrogens with one attached hydrogen (secondary N) is 1. The minimum absolute atomic E-state index is 0. The summed E-state index contributed by atoms with van der Waals surface area (Å²) in [7, 11) is 1.90. The van der Waals surface area contributed by atoms with Crippen LogP contribution in [0, 0.1) is 19.7 Å². The second-order valence-corrected chi connectivity index (χ2v) is 6.25. The number of aryl methyl sites for hydroxylation is 1. The molecule has 3 rings (SSSR count). The van der Waals surface area contributed by atoms with E-state index in [4.69, 9.17) is 4.52 Å². The summed E-state index contributed by atoms with van der Waals surface area (Å²) in [5.41, 5.74) is 3.60. The summed E-state index contributed by atoms with van der Waals surface area (Å²) in [6.07, 6.45) is 4.40. The zero-order chi connectivity index (χ0) is 18.7. The summed E-state index contributed by atoms with van der Waals surface area (Å²) in [5, 5.41) is 11.7. The van der Waals surface area contributed by atoms with Crippen LogP contribution in [0.25, 0.3) is 17.8 Å². The van der Waals surface area contributed by atoms with E-state index in [0.29, 0.717) is 18.1 Å². The van der Waals surface area contributed by atoms with Crippen LogP contribution in [-0.2, 0) is 6.42 Å². The molecule has 0 saturated carbocycles. The van der Waals surface area contributed by atoms with Crippen molar-refractivity contribution in [3.63, 3.8) is 0 Å². The van der Waals surface area contributed by atoms with Crippen molar-refractivity contribution in [3.8, 4) is 5.69 Å². The van der Waals surface area contributed by atoms with Crippen LogP contribution in [0.1, 0.15) is 35.6 Å². The fourth-order valence-electron chi connectivity index (χ4n) is 2.68. The van der Waals surface area contributed by atoms with Crippen molar-refractivity contribution in [3.05, 3.63) is 58.7 Å². The average molecular weight is 392 g/mol. The third kappa shape index (κ3) is 4.81. The molecule has 144 valence electrons. The van der Waals surface area contributed by atoms with Gasteiger partial charge in [-0.3, -0.25) is 0 Å². The van der Waals surface area contributed by atoms with Gasteiger partial charge < -0.3 is 9.84 Å². The van der Waals surface area contributed by atoms with Crippen LogP contribution >= 0.6 is 12.4 Å². The largest absolute Gasteiger partial charge is 0.335 e. The number of hydrogen-bond acceptors (Lipinski definition) is 5. The Labute approximate surface area is 163 Å². The summed E-state index contributed by atoms with van der Waals surface area (Å²) >= 11 is 0. The topological polar surface area (TPSA) is 68.8 Å². The van der Waals surface area contributed by atoms with Gasteiger partial charge in [-0.15, -0.1) is 12.4 Å². The predicted octanol–water partition coefficient (Wildman–Crippen LogP) is 3.75. The fourth-order valence-corrected chi connectivity index (χ4v) is 2.68. The first-order chi connectivity index (χ1) is 12.5. The van der Waals surface area contributed by atoms with Crippen LogP contribution in [0.5, 0.6) is 0 Å². The molecule has 0 spiro atoms. The molecular formula is C19H23ClFN5O. The lowest BCUT2D eigenvalue weighted by molar-refractivity contribution is 0.400. The molecule has 0 aliphatic heterocycles. The van der Waals surface area contributed by atoms with Gasteiger partial charge in [0.25, 0.3) is 5.89 Å². The van der Waals surface area contributed by atoms with Crippen LogP contribution < -0.4 is 5.32 Å². The lowest BCUT2D eigenvalue weighted by Gasteiger charge is -2.04. The quantitative estimate of drug-likeness (QED) is 0.693. The number of nitrogens with zero attached hydrogens (tertiary/aromatic N) is 4. The van der Waals surface area contributed by atoms with E-state index < -0.39 is 0 Å². The molecule has 8 heteroatoms. The SMILES string of the molecule is CNC(C)Cc1noc(/C=C/c2c(C)nn(-c3ccc(F)cc3)c2C)n1.Cl. The van der Waals surface area contributed by atoms with E-state index in [2.05, 4.69) is 27.5 Å². The van der Waals surface area contributed by atoms with Crippen LogP contribution in [0.2, 0.25) is 0 Å². The van der Waals surface area contributed by atoms with Gasteiger partial charge in [0.2, 0.25) is 0 Å². The van der Waals surface area contributed by atoms with Gasteiger partial charge in [0, 0.05) is 29.8 Å². The van der Waals surface area contributed by atoms with Gasteiger partial charge in [-0.05, 0) is 58.2 Å². The normalized spacial score (nSPS) is 12.3. The van der Waals surface area contributed by atoms with E-state index in [1.54, 1.807) is 22.9 Å². The maximum atomic E-state index is 13.1. The molecule has 0 saturated heterocycles. The molecule has 1 unspecified atom stereocenters. The minimum Gasteiger partial charge on any atom is -0.335 e. The van der Waals surface area contributed by atoms with E-state index in [9.17, 15) is 4.39 Å².